The minimum atomic E-state index is -2.90. The van der Waals surface area contributed by atoms with Crippen LogP contribution in [0, 0.1) is 6.92 Å². The van der Waals surface area contributed by atoms with Gasteiger partial charge in [-0.1, -0.05) is 12.1 Å². The molecule has 2 aromatic rings. The summed E-state index contributed by atoms with van der Waals surface area (Å²) in [5, 5.41) is 3.28. The van der Waals surface area contributed by atoms with Crippen molar-refractivity contribution in [2.75, 3.05) is 18.1 Å². The molecule has 108 valence electrons. The van der Waals surface area contributed by atoms with E-state index in [2.05, 4.69) is 27.9 Å². The smallest absolute Gasteiger partial charge is 0.153 e. The van der Waals surface area contributed by atoms with Gasteiger partial charge in [0.2, 0.25) is 0 Å². The molecule has 1 N–H and O–H groups in total. The maximum absolute atomic E-state index is 11.7. The van der Waals surface area contributed by atoms with E-state index in [1.165, 1.54) is 5.56 Å². The second-order valence-corrected chi connectivity index (χ2v) is 7.73. The number of sulfone groups is 1. The van der Waals surface area contributed by atoms with E-state index in [0.717, 1.165) is 16.9 Å². The highest BCUT2D eigenvalue weighted by Crippen LogP contribution is 2.20. The number of aromatic nitrogens is 2. The molecule has 0 amide bonds. The van der Waals surface area contributed by atoms with E-state index in [1.54, 1.807) is 0 Å². The predicted octanol–water partition coefficient (Wildman–Crippen LogP) is 0.811. The van der Waals surface area contributed by atoms with Crippen LogP contribution in [0.2, 0.25) is 0 Å². The van der Waals surface area contributed by atoms with Gasteiger partial charge in [0.05, 0.1) is 22.5 Å². The van der Waals surface area contributed by atoms with Crippen molar-refractivity contribution in [2.24, 2.45) is 7.05 Å². The molecule has 0 bridgehead atoms. The van der Waals surface area contributed by atoms with Crippen molar-refractivity contribution >= 4 is 20.9 Å². The Morgan fingerprint density at radius 1 is 1.45 bits per heavy atom. The molecule has 1 aliphatic rings. The molecule has 0 radical (unpaired) electrons. The first kappa shape index (κ1) is 13.6. The summed E-state index contributed by atoms with van der Waals surface area (Å²) in [4.78, 5) is 4.64. The van der Waals surface area contributed by atoms with Gasteiger partial charge < -0.3 is 9.88 Å². The zero-order chi connectivity index (χ0) is 14.3. The summed E-state index contributed by atoms with van der Waals surface area (Å²) in [6, 6.07) is 6.02. The van der Waals surface area contributed by atoms with Gasteiger partial charge in [0.25, 0.3) is 0 Å². The molecule has 5 nitrogen and oxygen atoms in total. The summed E-state index contributed by atoms with van der Waals surface area (Å²) >= 11 is 0. The summed E-state index contributed by atoms with van der Waals surface area (Å²) in [5.74, 6) is 1.38. The quantitative estimate of drug-likeness (QED) is 0.890. The number of fused-ring (bicyclic) bond motifs is 1. The van der Waals surface area contributed by atoms with Crippen molar-refractivity contribution in [1.82, 2.24) is 14.9 Å². The van der Waals surface area contributed by atoms with Crippen LogP contribution in [0.4, 0.5) is 0 Å². The molecule has 0 spiro atoms. The second kappa shape index (κ2) is 4.86. The van der Waals surface area contributed by atoms with Crippen LogP contribution in [0.25, 0.3) is 11.0 Å². The summed E-state index contributed by atoms with van der Waals surface area (Å²) < 4.78 is 25.5. The molecule has 0 aliphatic carbocycles. The van der Waals surface area contributed by atoms with E-state index in [4.69, 9.17) is 0 Å². The Morgan fingerprint density at radius 3 is 2.95 bits per heavy atom. The van der Waals surface area contributed by atoms with Crippen LogP contribution in [-0.2, 0) is 23.3 Å². The summed E-state index contributed by atoms with van der Waals surface area (Å²) in [6.07, 6.45) is 0.643. The lowest BCUT2D eigenvalue weighted by Gasteiger charge is -2.23. The fraction of sp³-hybridized carbons (Fsp3) is 0.500. The normalized spacial score (nSPS) is 22.2. The fourth-order valence-electron chi connectivity index (χ4n) is 2.91. The van der Waals surface area contributed by atoms with Crippen molar-refractivity contribution in [2.45, 2.75) is 19.4 Å². The largest absolute Gasteiger partial charge is 0.331 e. The number of nitrogens with zero attached hydrogens (tertiary/aromatic N) is 2. The number of rotatable bonds is 2. The number of para-hydroxylation sites is 1. The number of imidazole rings is 1. The number of hydrogen-bond donors (Lipinski definition) is 1. The van der Waals surface area contributed by atoms with Gasteiger partial charge in [0.15, 0.2) is 9.84 Å². The SMILES string of the molecule is Cc1cccc2nc(CC3CS(=O)(=O)CCN3)n(C)c12. The van der Waals surface area contributed by atoms with Crippen molar-refractivity contribution in [3.63, 3.8) is 0 Å². The number of hydrogen-bond acceptors (Lipinski definition) is 4. The van der Waals surface area contributed by atoms with Gasteiger partial charge in [-0.05, 0) is 18.6 Å². The highest BCUT2D eigenvalue weighted by molar-refractivity contribution is 7.91. The maximum atomic E-state index is 11.7. The molecule has 3 rings (SSSR count). The summed E-state index contributed by atoms with van der Waals surface area (Å²) in [6.45, 7) is 2.60. The molecule has 20 heavy (non-hydrogen) atoms. The van der Waals surface area contributed by atoms with Crippen molar-refractivity contribution in [3.05, 3.63) is 29.6 Å². The zero-order valence-electron chi connectivity index (χ0n) is 11.8. The topological polar surface area (TPSA) is 64.0 Å². The molecular weight excluding hydrogens is 274 g/mol. The van der Waals surface area contributed by atoms with Crippen molar-refractivity contribution in [3.8, 4) is 0 Å². The lowest BCUT2D eigenvalue weighted by molar-refractivity contribution is 0.505. The van der Waals surface area contributed by atoms with Crippen LogP contribution in [0.1, 0.15) is 11.4 Å². The third kappa shape index (κ3) is 2.45. The van der Waals surface area contributed by atoms with Gasteiger partial charge in [0, 0.05) is 26.1 Å². The van der Waals surface area contributed by atoms with Gasteiger partial charge in [-0.15, -0.1) is 0 Å². The molecule has 1 saturated heterocycles. The van der Waals surface area contributed by atoms with Crippen molar-refractivity contribution in [1.29, 1.82) is 0 Å². The van der Waals surface area contributed by atoms with E-state index in [-0.39, 0.29) is 17.5 Å². The van der Waals surface area contributed by atoms with Gasteiger partial charge >= 0.3 is 0 Å². The zero-order valence-corrected chi connectivity index (χ0v) is 12.6. The highest BCUT2D eigenvalue weighted by Gasteiger charge is 2.25. The fourth-order valence-corrected chi connectivity index (χ4v) is 4.36. The molecule has 1 aromatic heterocycles. The van der Waals surface area contributed by atoms with Crippen LogP contribution < -0.4 is 5.32 Å². The number of aryl methyl sites for hydroxylation is 2. The molecule has 1 atom stereocenters. The van der Waals surface area contributed by atoms with E-state index in [9.17, 15) is 8.42 Å². The number of benzene rings is 1. The average molecular weight is 293 g/mol. The molecule has 1 aromatic carbocycles. The Morgan fingerprint density at radius 2 is 2.25 bits per heavy atom. The lowest BCUT2D eigenvalue weighted by Crippen LogP contribution is -2.46. The van der Waals surface area contributed by atoms with Crippen LogP contribution in [0.5, 0.6) is 0 Å². The summed E-state index contributed by atoms with van der Waals surface area (Å²) in [5.41, 5.74) is 3.29. The van der Waals surface area contributed by atoms with Gasteiger partial charge in [-0.2, -0.15) is 0 Å². The van der Waals surface area contributed by atoms with E-state index in [0.29, 0.717) is 13.0 Å². The lowest BCUT2D eigenvalue weighted by atomic mass is 10.2. The second-order valence-electron chi connectivity index (χ2n) is 5.50. The first-order valence-electron chi connectivity index (χ1n) is 6.81. The van der Waals surface area contributed by atoms with Gasteiger partial charge in [-0.3, -0.25) is 0 Å². The Kier molecular flexibility index (Phi) is 3.30. The summed E-state index contributed by atoms with van der Waals surface area (Å²) in [7, 11) is -0.908. The molecule has 1 aliphatic heterocycles. The van der Waals surface area contributed by atoms with Crippen LogP contribution in [-0.4, -0.2) is 42.1 Å². The predicted molar refractivity (Wildman–Crippen MR) is 79.6 cm³/mol. The van der Waals surface area contributed by atoms with Crippen LogP contribution in [0.15, 0.2) is 18.2 Å². The minimum Gasteiger partial charge on any atom is -0.331 e. The monoisotopic (exact) mass is 293 g/mol. The van der Waals surface area contributed by atoms with Crippen molar-refractivity contribution < 1.29 is 8.42 Å². The van der Waals surface area contributed by atoms with E-state index >= 15 is 0 Å². The molecule has 0 saturated carbocycles. The Bertz CT molecular complexity index is 749. The van der Waals surface area contributed by atoms with E-state index < -0.39 is 9.84 Å². The minimum absolute atomic E-state index is 0.0374. The van der Waals surface area contributed by atoms with Gasteiger partial charge in [0.1, 0.15) is 5.82 Å². The highest BCUT2D eigenvalue weighted by atomic mass is 32.2. The molecular formula is C14H19N3O2S. The molecule has 6 heteroatoms. The Hall–Kier alpha value is -1.40. The third-order valence-electron chi connectivity index (χ3n) is 3.92. The maximum Gasteiger partial charge on any atom is 0.153 e. The average Bonchev–Trinajstić information content (AvgIpc) is 2.66. The van der Waals surface area contributed by atoms with E-state index in [1.807, 2.05) is 19.2 Å². The Balaban J connectivity index is 1.92. The Labute approximate surface area is 118 Å². The number of nitrogens with one attached hydrogen (secondary N) is 1. The standard InChI is InChI=1S/C14H19N3O2S/c1-10-4-3-5-12-14(10)17(2)13(16-12)8-11-9-20(18,19)7-6-15-11/h3-5,11,15H,6-9H2,1-2H3. The molecule has 2 heterocycles. The van der Waals surface area contributed by atoms with Crippen LogP contribution >= 0.6 is 0 Å². The van der Waals surface area contributed by atoms with Gasteiger partial charge in [-0.25, -0.2) is 13.4 Å². The van der Waals surface area contributed by atoms with Crippen LogP contribution in [0.3, 0.4) is 0 Å². The molecule has 1 unspecified atom stereocenters. The third-order valence-corrected chi connectivity index (χ3v) is 5.66. The first-order chi connectivity index (χ1) is 9.46. The molecule has 1 fully saturated rings. The first-order valence-corrected chi connectivity index (χ1v) is 8.63.